The average molecular weight is 256 g/mol. The maximum Gasteiger partial charge on any atom is 0.154 e. The van der Waals surface area contributed by atoms with Gasteiger partial charge in [0.15, 0.2) is 5.82 Å². The second kappa shape index (κ2) is 4.78. The van der Waals surface area contributed by atoms with Crippen molar-refractivity contribution >= 4 is 0 Å². The minimum absolute atomic E-state index is 0.573. The van der Waals surface area contributed by atoms with Gasteiger partial charge in [-0.15, -0.1) is 0 Å². The SMILES string of the molecule is Cc1cc(C)cc(-n2nc(C3CC3)nc2CCN)c1. The molecule has 0 saturated heterocycles. The Morgan fingerprint density at radius 3 is 2.47 bits per heavy atom. The van der Waals surface area contributed by atoms with Gasteiger partial charge in [0, 0.05) is 12.3 Å². The Morgan fingerprint density at radius 1 is 1.21 bits per heavy atom. The molecule has 0 bridgehead atoms. The lowest BCUT2D eigenvalue weighted by molar-refractivity contribution is 0.768. The molecule has 2 N–H and O–H groups in total. The van der Waals surface area contributed by atoms with Gasteiger partial charge in [0.2, 0.25) is 0 Å². The third-order valence-electron chi connectivity index (χ3n) is 3.45. The maximum atomic E-state index is 5.69. The van der Waals surface area contributed by atoms with Crippen LogP contribution in [0.1, 0.15) is 41.5 Å². The molecule has 1 aliphatic rings. The topological polar surface area (TPSA) is 56.7 Å². The van der Waals surface area contributed by atoms with Crippen molar-refractivity contribution in [3.8, 4) is 5.69 Å². The van der Waals surface area contributed by atoms with Crippen LogP contribution in [0.15, 0.2) is 18.2 Å². The van der Waals surface area contributed by atoms with Crippen LogP contribution in [0.2, 0.25) is 0 Å². The molecular weight excluding hydrogens is 236 g/mol. The maximum absolute atomic E-state index is 5.69. The number of nitrogens with two attached hydrogens (primary N) is 1. The van der Waals surface area contributed by atoms with Crippen LogP contribution in [0.25, 0.3) is 5.69 Å². The molecule has 1 heterocycles. The predicted molar refractivity (Wildman–Crippen MR) is 75.6 cm³/mol. The molecule has 0 amide bonds. The molecule has 0 spiro atoms. The van der Waals surface area contributed by atoms with Crippen molar-refractivity contribution in [2.24, 2.45) is 5.73 Å². The summed E-state index contributed by atoms with van der Waals surface area (Å²) in [6.45, 7) is 4.82. The van der Waals surface area contributed by atoms with E-state index in [1.165, 1.54) is 24.0 Å². The summed E-state index contributed by atoms with van der Waals surface area (Å²) in [6.07, 6.45) is 3.21. The lowest BCUT2D eigenvalue weighted by atomic mass is 10.1. The molecule has 19 heavy (non-hydrogen) atoms. The molecular formula is C15H20N4. The largest absolute Gasteiger partial charge is 0.330 e. The van der Waals surface area contributed by atoms with Crippen LogP contribution in [0, 0.1) is 13.8 Å². The first-order valence-electron chi connectivity index (χ1n) is 6.92. The number of hydrogen-bond acceptors (Lipinski definition) is 3. The molecule has 1 aromatic carbocycles. The molecule has 1 fully saturated rings. The fourth-order valence-corrected chi connectivity index (χ4v) is 2.45. The van der Waals surface area contributed by atoms with E-state index in [0.717, 1.165) is 23.8 Å². The van der Waals surface area contributed by atoms with E-state index in [9.17, 15) is 0 Å². The first-order chi connectivity index (χ1) is 9.17. The third kappa shape index (κ3) is 2.54. The molecule has 4 nitrogen and oxygen atoms in total. The van der Waals surface area contributed by atoms with E-state index in [-0.39, 0.29) is 0 Å². The van der Waals surface area contributed by atoms with E-state index in [1.54, 1.807) is 0 Å². The lowest BCUT2D eigenvalue weighted by Crippen LogP contribution is -2.10. The summed E-state index contributed by atoms with van der Waals surface area (Å²) in [6, 6.07) is 6.47. The molecule has 3 rings (SSSR count). The Hall–Kier alpha value is -1.68. The van der Waals surface area contributed by atoms with Gasteiger partial charge in [-0.2, -0.15) is 5.10 Å². The molecule has 2 aromatic rings. The Bertz CT molecular complexity index is 576. The second-order valence-electron chi connectivity index (χ2n) is 5.46. The summed E-state index contributed by atoms with van der Waals surface area (Å²) >= 11 is 0. The quantitative estimate of drug-likeness (QED) is 0.913. The van der Waals surface area contributed by atoms with Gasteiger partial charge >= 0.3 is 0 Å². The van der Waals surface area contributed by atoms with Crippen molar-refractivity contribution < 1.29 is 0 Å². The highest BCUT2D eigenvalue weighted by molar-refractivity contribution is 5.39. The molecule has 0 radical (unpaired) electrons. The summed E-state index contributed by atoms with van der Waals surface area (Å²) in [7, 11) is 0. The Balaban J connectivity index is 2.06. The third-order valence-corrected chi connectivity index (χ3v) is 3.45. The van der Waals surface area contributed by atoms with E-state index in [1.807, 2.05) is 4.68 Å². The number of aryl methyl sites for hydroxylation is 2. The van der Waals surface area contributed by atoms with E-state index in [2.05, 4.69) is 37.0 Å². The van der Waals surface area contributed by atoms with Gasteiger partial charge in [-0.3, -0.25) is 0 Å². The molecule has 100 valence electrons. The monoisotopic (exact) mass is 256 g/mol. The zero-order valence-corrected chi connectivity index (χ0v) is 11.6. The van der Waals surface area contributed by atoms with Crippen molar-refractivity contribution in [1.82, 2.24) is 14.8 Å². The number of nitrogens with zero attached hydrogens (tertiary/aromatic N) is 3. The van der Waals surface area contributed by atoms with Gasteiger partial charge in [0.25, 0.3) is 0 Å². The number of hydrogen-bond donors (Lipinski definition) is 1. The van der Waals surface area contributed by atoms with Crippen molar-refractivity contribution in [3.63, 3.8) is 0 Å². The highest BCUT2D eigenvalue weighted by atomic mass is 15.4. The van der Waals surface area contributed by atoms with Gasteiger partial charge in [-0.1, -0.05) is 6.07 Å². The lowest BCUT2D eigenvalue weighted by Gasteiger charge is -2.07. The first kappa shape index (κ1) is 12.4. The molecule has 1 aliphatic carbocycles. The Morgan fingerprint density at radius 2 is 1.89 bits per heavy atom. The molecule has 1 saturated carbocycles. The highest BCUT2D eigenvalue weighted by Crippen LogP contribution is 2.38. The number of rotatable bonds is 4. The van der Waals surface area contributed by atoms with E-state index in [0.29, 0.717) is 12.5 Å². The second-order valence-corrected chi connectivity index (χ2v) is 5.46. The summed E-state index contributed by atoms with van der Waals surface area (Å²) in [4.78, 5) is 4.67. The normalized spacial score (nSPS) is 14.9. The number of benzene rings is 1. The standard InChI is InChI=1S/C15H20N4/c1-10-7-11(2)9-13(8-10)19-14(5-6-16)17-15(18-19)12-3-4-12/h7-9,12H,3-6,16H2,1-2H3. The number of aromatic nitrogens is 3. The molecule has 0 atom stereocenters. The smallest absolute Gasteiger partial charge is 0.154 e. The van der Waals surface area contributed by atoms with Crippen molar-refractivity contribution in [2.75, 3.05) is 6.54 Å². The summed E-state index contributed by atoms with van der Waals surface area (Å²) in [5, 5.41) is 4.69. The van der Waals surface area contributed by atoms with Crippen molar-refractivity contribution in [2.45, 2.75) is 39.0 Å². The van der Waals surface area contributed by atoms with Crippen molar-refractivity contribution in [1.29, 1.82) is 0 Å². The molecule has 1 aromatic heterocycles. The van der Waals surface area contributed by atoms with Gasteiger partial charge in [-0.05, 0) is 56.5 Å². The van der Waals surface area contributed by atoms with E-state index < -0.39 is 0 Å². The van der Waals surface area contributed by atoms with E-state index in [4.69, 9.17) is 10.8 Å². The molecule has 0 aliphatic heterocycles. The fourth-order valence-electron chi connectivity index (χ4n) is 2.45. The Kier molecular flexibility index (Phi) is 3.11. The minimum Gasteiger partial charge on any atom is -0.330 e. The fraction of sp³-hybridized carbons (Fsp3) is 0.467. The van der Waals surface area contributed by atoms with Crippen LogP contribution in [-0.4, -0.2) is 21.3 Å². The van der Waals surface area contributed by atoms with Crippen LogP contribution in [0.4, 0.5) is 0 Å². The van der Waals surface area contributed by atoms with Crippen LogP contribution in [-0.2, 0) is 6.42 Å². The van der Waals surface area contributed by atoms with Crippen LogP contribution >= 0.6 is 0 Å². The summed E-state index contributed by atoms with van der Waals surface area (Å²) < 4.78 is 1.97. The highest BCUT2D eigenvalue weighted by Gasteiger charge is 2.29. The van der Waals surface area contributed by atoms with Crippen LogP contribution in [0.3, 0.4) is 0 Å². The minimum atomic E-state index is 0.573. The van der Waals surface area contributed by atoms with Gasteiger partial charge < -0.3 is 5.73 Å². The zero-order chi connectivity index (χ0) is 13.4. The van der Waals surface area contributed by atoms with Crippen molar-refractivity contribution in [3.05, 3.63) is 41.0 Å². The van der Waals surface area contributed by atoms with Gasteiger partial charge in [0.1, 0.15) is 5.82 Å². The first-order valence-corrected chi connectivity index (χ1v) is 6.92. The van der Waals surface area contributed by atoms with E-state index >= 15 is 0 Å². The van der Waals surface area contributed by atoms with Gasteiger partial charge in [-0.25, -0.2) is 9.67 Å². The summed E-state index contributed by atoms with van der Waals surface area (Å²) in [5.41, 5.74) is 9.28. The summed E-state index contributed by atoms with van der Waals surface area (Å²) in [5.74, 6) is 2.54. The predicted octanol–water partition coefficient (Wildman–Crippen LogP) is 2.26. The molecule has 0 unspecified atom stereocenters. The van der Waals surface area contributed by atoms with Crippen LogP contribution in [0.5, 0.6) is 0 Å². The molecule has 4 heteroatoms. The average Bonchev–Trinajstić information content (AvgIpc) is 3.10. The van der Waals surface area contributed by atoms with Crippen LogP contribution < -0.4 is 5.73 Å². The zero-order valence-electron chi connectivity index (χ0n) is 11.6. The Labute approximate surface area is 113 Å². The van der Waals surface area contributed by atoms with Gasteiger partial charge in [0.05, 0.1) is 5.69 Å².